The summed E-state index contributed by atoms with van der Waals surface area (Å²) in [5.41, 5.74) is 0.539. The highest BCUT2D eigenvalue weighted by Crippen LogP contribution is 2.23. The fourth-order valence-electron chi connectivity index (χ4n) is 2.99. The van der Waals surface area contributed by atoms with E-state index in [0.29, 0.717) is 23.3 Å². The first-order valence-corrected chi connectivity index (χ1v) is 9.03. The number of rotatable bonds is 5. The third kappa shape index (κ3) is 4.36. The van der Waals surface area contributed by atoms with Gasteiger partial charge in [0.2, 0.25) is 5.01 Å². The fraction of sp³-hybridized carbons (Fsp3) is 0.471. The van der Waals surface area contributed by atoms with Gasteiger partial charge in [-0.1, -0.05) is 30.6 Å². The van der Waals surface area contributed by atoms with Gasteiger partial charge in [0.1, 0.15) is 10.8 Å². The molecule has 3 rings (SSSR count). The van der Waals surface area contributed by atoms with Gasteiger partial charge in [0, 0.05) is 11.7 Å². The molecule has 1 N–H and O–H groups in total. The lowest BCUT2D eigenvalue weighted by atomic mass is 9.94. The lowest BCUT2D eigenvalue weighted by Gasteiger charge is -2.30. The molecule has 0 atom stereocenters. The van der Waals surface area contributed by atoms with Gasteiger partial charge in [0.05, 0.1) is 6.54 Å². The highest BCUT2D eigenvalue weighted by Gasteiger charge is 2.20. The molecular weight excluding hydrogens is 327 g/mol. The van der Waals surface area contributed by atoms with Crippen LogP contribution in [-0.2, 0) is 6.54 Å². The number of hydrogen-bond acceptors (Lipinski definition) is 5. The molecule has 7 heteroatoms. The van der Waals surface area contributed by atoms with E-state index in [0.717, 1.165) is 5.01 Å². The summed E-state index contributed by atoms with van der Waals surface area (Å²) in [5.74, 6) is -0.650. The van der Waals surface area contributed by atoms with Crippen LogP contribution in [0.15, 0.2) is 24.3 Å². The van der Waals surface area contributed by atoms with Crippen molar-refractivity contribution in [2.24, 2.45) is 0 Å². The van der Waals surface area contributed by atoms with Crippen LogP contribution in [0.2, 0.25) is 0 Å². The number of carbonyl (C=O) groups excluding carboxylic acids is 1. The first kappa shape index (κ1) is 17.0. The summed E-state index contributed by atoms with van der Waals surface area (Å²) >= 11 is 1.31. The molecule has 1 aromatic carbocycles. The van der Waals surface area contributed by atoms with Crippen LogP contribution in [0.3, 0.4) is 0 Å². The van der Waals surface area contributed by atoms with E-state index in [4.69, 9.17) is 0 Å². The molecule has 1 aliphatic carbocycles. The third-order valence-corrected chi connectivity index (χ3v) is 5.25. The van der Waals surface area contributed by atoms with E-state index in [2.05, 4.69) is 27.5 Å². The molecule has 1 heterocycles. The molecule has 1 aromatic heterocycles. The van der Waals surface area contributed by atoms with E-state index in [-0.39, 0.29) is 11.7 Å². The molecule has 5 nitrogen and oxygen atoms in total. The number of hydrogen-bond donors (Lipinski definition) is 1. The van der Waals surface area contributed by atoms with Gasteiger partial charge >= 0.3 is 0 Å². The van der Waals surface area contributed by atoms with Gasteiger partial charge in [-0.2, -0.15) is 0 Å². The molecule has 1 fully saturated rings. The Balaban J connectivity index is 1.58. The molecule has 0 radical (unpaired) electrons. The van der Waals surface area contributed by atoms with Crippen molar-refractivity contribution in [3.63, 3.8) is 0 Å². The highest BCUT2D eigenvalue weighted by atomic mass is 32.1. The third-order valence-electron chi connectivity index (χ3n) is 4.35. The van der Waals surface area contributed by atoms with E-state index in [9.17, 15) is 9.18 Å². The quantitative estimate of drug-likeness (QED) is 0.895. The molecule has 2 aromatic rings. The van der Waals surface area contributed by atoms with Crippen LogP contribution < -0.4 is 5.32 Å². The van der Waals surface area contributed by atoms with E-state index < -0.39 is 0 Å². The maximum absolute atomic E-state index is 12.9. The maximum Gasteiger partial charge on any atom is 0.286 e. The number of anilines is 1. The predicted octanol–water partition coefficient (Wildman–Crippen LogP) is 3.69. The number of benzene rings is 1. The summed E-state index contributed by atoms with van der Waals surface area (Å²) < 4.78 is 12.9. The smallest absolute Gasteiger partial charge is 0.286 e. The van der Waals surface area contributed by atoms with Gasteiger partial charge in [0.15, 0.2) is 0 Å². The Morgan fingerprint density at radius 1 is 1.25 bits per heavy atom. The van der Waals surface area contributed by atoms with Crippen LogP contribution in [0.1, 0.15) is 46.9 Å². The van der Waals surface area contributed by atoms with Gasteiger partial charge in [-0.05, 0) is 44.2 Å². The summed E-state index contributed by atoms with van der Waals surface area (Å²) in [6.45, 7) is 0.714. The average molecular weight is 348 g/mol. The van der Waals surface area contributed by atoms with E-state index in [1.54, 1.807) is 0 Å². The minimum absolute atomic E-state index is 0.314. The van der Waals surface area contributed by atoms with Crippen molar-refractivity contribution in [2.45, 2.75) is 44.7 Å². The number of nitrogens with one attached hydrogen (secondary N) is 1. The first-order valence-electron chi connectivity index (χ1n) is 8.21. The Morgan fingerprint density at radius 3 is 2.67 bits per heavy atom. The fourth-order valence-corrected chi connectivity index (χ4v) is 3.79. The van der Waals surface area contributed by atoms with Gasteiger partial charge in [-0.3, -0.25) is 9.69 Å². The minimum atomic E-state index is -0.336. The van der Waals surface area contributed by atoms with Gasteiger partial charge in [-0.25, -0.2) is 4.39 Å². The number of aromatic nitrogens is 2. The number of carbonyl (C=O) groups is 1. The van der Waals surface area contributed by atoms with Crippen LogP contribution >= 0.6 is 11.3 Å². The SMILES string of the molecule is CN(Cc1nnc(C(=O)Nc2ccc(F)cc2)s1)C1CCCCC1. The molecule has 128 valence electrons. The lowest BCUT2D eigenvalue weighted by molar-refractivity contribution is 0.102. The second kappa shape index (κ2) is 7.81. The molecule has 1 saturated carbocycles. The Morgan fingerprint density at radius 2 is 1.96 bits per heavy atom. The number of amides is 1. The average Bonchev–Trinajstić information content (AvgIpc) is 3.06. The van der Waals surface area contributed by atoms with Crippen molar-refractivity contribution in [3.05, 3.63) is 40.1 Å². The molecular formula is C17H21FN4OS. The van der Waals surface area contributed by atoms with E-state index in [1.165, 1.54) is 67.7 Å². The largest absolute Gasteiger partial charge is 0.320 e. The second-order valence-corrected chi connectivity index (χ2v) is 7.23. The monoisotopic (exact) mass is 348 g/mol. The minimum Gasteiger partial charge on any atom is -0.320 e. The lowest BCUT2D eigenvalue weighted by Crippen LogP contribution is -2.32. The second-order valence-electron chi connectivity index (χ2n) is 6.17. The summed E-state index contributed by atoms with van der Waals surface area (Å²) in [6, 6.07) is 6.25. The van der Waals surface area contributed by atoms with Crippen molar-refractivity contribution in [1.29, 1.82) is 0 Å². The van der Waals surface area contributed by atoms with Crippen LogP contribution in [0.4, 0.5) is 10.1 Å². The van der Waals surface area contributed by atoms with Crippen molar-refractivity contribution in [1.82, 2.24) is 15.1 Å². The predicted molar refractivity (Wildman–Crippen MR) is 92.6 cm³/mol. The molecule has 1 aliphatic rings. The normalized spacial score (nSPS) is 15.6. The Hall–Kier alpha value is -1.86. The van der Waals surface area contributed by atoms with Crippen molar-refractivity contribution < 1.29 is 9.18 Å². The van der Waals surface area contributed by atoms with Gasteiger partial charge in [-0.15, -0.1) is 10.2 Å². The van der Waals surface area contributed by atoms with Crippen LogP contribution in [0.25, 0.3) is 0 Å². The summed E-state index contributed by atoms with van der Waals surface area (Å²) in [4.78, 5) is 14.5. The Bertz CT molecular complexity index is 682. The topological polar surface area (TPSA) is 58.1 Å². The summed E-state index contributed by atoms with van der Waals surface area (Å²) in [5, 5.41) is 12.0. The first-order chi connectivity index (χ1) is 11.6. The highest BCUT2D eigenvalue weighted by molar-refractivity contribution is 7.13. The maximum atomic E-state index is 12.9. The van der Waals surface area contributed by atoms with Crippen LogP contribution in [-0.4, -0.2) is 34.1 Å². The van der Waals surface area contributed by atoms with E-state index >= 15 is 0 Å². The van der Waals surface area contributed by atoms with Gasteiger partial charge < -0.3 is 5.32 Å². The molecule has 24 heavy (non-hydrogen) atoms. The molecule has 0 bridgehead atoms. The Kier molecular flexibility index (Phi) is 5.52. The van der Waals surface area contributed by atoms with Crippen molar-refractivity contribution in [3.8, 4) is 0 Å². The molecule has 0 aliphatic heterocycles. The standard InChI is InChI=1S/C17H21FN4OS/c1-22(14-5-3-2-4-6-14)11-15-20-21-17(24-15)16(23)19-13-9-7-12(18)8-10-13/h7-10,14H,2-6,11H2,1H3,(H,19,23). The van der Waals surface area contributed by atoms with Crippen molar-refractivity contribution in [2.75, 3.05) is 12.4 Å². The zero-order valence-electron chi connectivity index (χ0n) is 13.7. The summed E-state index contributed by atoms with van der Waals surface area (Å²) in [7, 11) is 2.11. The zero-order valence-corrected chi connectivity index (χ0v) is 14.5. The van der Waals surface area contributed by atoms with Crippen molar-refractivity contribution >= 4 is 22.9 Å². The number of nitrogens with zero attached hydrogens (tertiary/aromatic N) is 3. The molecule has 0 spiro atoms. The summed E-state index contributed by atoms with van der Waals surface area (Å²) in [6.07, 6.45) is 6.37. The van der Waals surface area contributed by atoms with Gasteiger partial charge in [0.25, 0.3) is 5.91 Å². The number of halogens is 1. The van der Waals surface area contributed by atoms with Crippen LogP contribution in [0.5, 0.6) is 0 Å². The molecule has 0 unspecified atom stereocenters. The zero-order chi connectivity index (χ0) is 16.9. The van der Waals surface area contributed by atoms with Crippen LogP contribution in [0, 0.1) is 5.82 Å². The van der Waals surface area contributed by atoms with E-state index in [1.807, 2.05) is 0 Å². The Labute approximate surface area is 144 Å². The molecule has 1 amide bonds. The molecule has 0 saturated heterocycles.